The Morgan fingerprint density at radius 1 is 1.29 bits per heavy atom. The highest BCUT2D eigenvalue weighted by Crippen LogP contribution is 2.43. The monoisotopic (exact) mass is 231 g/mol. The molecule has 0 aromatic heterocycles. The highest BCUT2D eigenvalue weighted by molar-refractivity contribution is 6.05. The first kappa shape index (κ1) is 12.0. The Bertz CT molecular complexity index is 485. The topological polar surface area (TPSA) is 12.4 Å². The molecule has 1 nitrogen and oxygen atoms in total. The molecule has 90 valence electrons. The molecule has 0 amide bonds. The van der Waals surface area contributed by atoms with Crippen molar-refractivity contribution in [2.45, 2.75) is 33.4 Å². The van der Waals surface area contributed by atoms with E-state index in [4.69, 9.17) is 0 Å². The van der Waals surface area contributed by atoms with Crippen molar-refractivity contribution in [2.24, 2.45) is 10.4 Å². The van der Waals surface area contributed by atoms with Crippen LogP contribution in [0.5, 0.6) is 0 Å². The van der Waals surface area contributed by atoms with Crippen LogP contribution in [-0.2, 0) is 0 Å². The van der Waals surface area contributed by atoms with E-state index in [1.165, 1.54) is 0 Å². The number of allylic oxidation sites excluding steroid dienone is 7. The third-order valence-corrected chi connectivity index (χ3v) is 3.26. The van der Waals surface area contributed by atoms with Gasteiger partial charge in [-0.15, -0.1) is 0 Å². The zero-order valence-corrected chi connectivity index (χ0v) is 10.8. The first-order valence-corrected chi connectivity index (χ1v) is 5.91. The van der Waals surface area contributed by atoms with Gasteiger partial charge >= 0.3 is 0 Å². The molecule has 0 bridgehead atoms. The summed E-state index contributed by atoms with van der Waals surface area (Å²) in [6.45, 7) is 7.70. The minimum absolute atomic E-state index is 0.224. The van der Waals surface area contributed by atoms with E-state index in [2.05, 4.69) is 18.8 Å². The number of rotatable bonds is 1. The van der Waals surface area contributed by atoms with Crippen LogP contribution in [0.15, 0.2) is 52.7 Å². The van der Waals surface area contributed by atoms with E-state index in [0.717, 1.165) is 17.0 Å². The molecule has 0 aromatic carbocycles. The fraction of sp³-hybridized carbons (Fsp3) is 0.400. The van der Waals surface area contributed by atoms with Gasteiger partial charge in [0.15, 0.2) is 0 Å². The second-order valence-electron chi connectivity index (χ2n) is 5.24. The molecule has 0 fully saturated rings. The third kappa shape index (κ3) is 2.04. The standard InChI is InChI=1S/C15H18FN/c1-5-7-13-14(2,3)11-10-15(4,16)9-6-8-12(11)17-13/h5-10H,1-4H3/b7-5+. The van der Waals surface area contributed by atoms with Crippen molar-refractivity contribution in [1.29, 1.82) is 0 Å². The molecular weight excluding hydrogens is 213 g/mol. The van der Waals surface area contributed by atoms with Crippen LogP contribution >= 0.6 is 0 Å². The highest BCUT2D eigenvalue weighted by atomic mass is 19.1. The largest absolute Gasteiger partial charge is 0.252 e. The molecule has 1 aliphatic heterocycles. The lowest BCUT2D eigenvalue weighted by molar-refractivity contribution is 0.325. The van der Waals surface area contributed by atoms with Gasteiger partial charge in [-0.3, -0.25) is 4.99 Å². The molecule has 17 heavy (non-hydrogen) atoms. The predicted molar refractivity (Wildman–Crippen MR) is 70.8 cm³/mol. The van der Waals surface area contributed by atoms with Crippen LogP contribution in [0.2, 0.25) is 0 Å². The zero-order valence-electron chi connectivity index (χ0n) is 10.8. The van der Waals surface area contributed by atoms with Gasteiger partial charge in [-0.25, -0.2) is 4.39 Å². The van der Waals surface area contributed by atoms with Crippen LogP contribution in [0.3, 0.4) is 0 Å². The molecule has 0 N–H and O–H groups in total. The number of aliphatic imine (C=N–C) groups is 1. The molecule has 1 aliphatic carbocycles. The minimum atomic E-state index is -1.40. The lowest BCUT2D eigenvalue weighted by atomic mass is 9.79. The number of nitrogens with zero attached hydrogens (tertiary/aromatic N) is 1. The summed E-state index contributed by atoms with van der Waals surface area (Å²) < 4.78 is 14.2. The maximum Gasteiger partial charge on any atom is 0.145 e. The van der Waals surface area contributed by atoms with Gasteiger partial charge in [0, 0.05) is 5.41 Å². The lowest BCUT2D eigenvalue weighted by Gasteiger charge is -2.23. The number of halogens is 1. The number of hydrogen-bond acceptors (Lipinski definition) is 1. The number of fused-ring (bicyclic) bond motifs is 1. The van der Waals surface area contributed by atoms with Crippen molar-refractivity contribution in [2.75, 3.05) is 0 Å². The predicted octanol–water partition coefficient (Wildman–Crippen LogP) is 4.15. The summed E-state index contributed by atoms with van der Waals surface area (Å²) in [5.74, 6) is 0. The van der Waals surface area contributed by atoms with Crippen LogP contribution in [0, 0.1) is 5.41 Å². The fourth-order valence-electron chi connectivity index (χ4n) is 2.23. The Hall–Kier alpha value is -1.44. The highest BCUT2D eigenvalue weighted by Gasteiger charge is 2.38. The van der Waals surface area contributed by atoms with Crippen molar-refractivity contribution in [3.05, 3.63) is 47.7 Å². The zero-order chi connectivity index (χ0) is 12.7. The average Bonchev–Trinajstić information content (AvgIpc) is 2.36. The average molecular weight is 231 g/mol. The van der Waals surface area contributed by atoms with Crippen LogP contribution in [0.4, 0.5) is 4.39 Å². The maximum absolute atomic E-state index is 14.2. The smallest absolute Gasteiger partial charge is 0.145 e. The SMILES string of the molecule is C/C=C/C1=NC2=CC=CC(C)(F)C=C2C1(C)C. The van der Waals surface area contributed by atoms with Gasteiger partial charge in [0.05, 0.1) is 11.4 Å². The van der Waals surface area contributed by atoms with E-state index >= 15 is 0 Å². The Balaban J connectivity index is 2.56. The van der Waals surface area contributed by atoms with Crippen LogP contribution in [0.25, 0.3) is 0 Å². The van der Waals surface area contributed by atoms with E-state index in [0.29, 0.717) is 0 Å². The first-order chi connectivity index (χ1) is 7.87. The van der Waals surface area contributed by atoms with Crippen molar-refractivity contribution in [3.8, 4) is 0 Å². The quantitative estimate of drug-likeness (QED) is 0.642. The van der Waals surface area contributed by atoms with Gasteiger partial charge in [0.25, 0.3) is 0 Å². The Kier molecular flexibility index (Phi) is 2.69. The van der Waals surface area contributed by atoms with Gasteiger partial charge in [-0.2, -0.15) is 0 Å². The van der Waals surface area contributed by atoms with Crippen LogP contribution < -0.4 is 0 Å². The van der Waals surface area contributed by atoms with Gasteiger partial charge in [-0.1, -0.05) is 26.0 Å². The lowest BCUT2D eigenvalue weighted by Crippen LogP contribution is -2.22. The van der Waals surface area contributed by atoms with E-state index in [9.17, 15) is 4.39 Å². The molecule has 0 spiro atoms. The Labute approximate surface area is 102 Å². The Morgan fingerprint density at radius 3 is 2.65 bits per heavy atom. The summed E-state index contributed by atoms with van der Waals surface area (Å²) in [7, 11) is 0. The minimum Gasteiger partial charge on any atom is -0.252 e. The molecule has 1 unspecified atom stereocenters. The molecule has 0 saturated heterocycles. The third-order valence-electron chi connectivity index (χ3n) is 3.26. The molecule has 2 heteroatoms. The number of hydrogen-bond donors (Lipinski definition) is 0. The summed E-state index contributed by atoms with van der Waals surface area (Å²) in [6.07, 6.45) is 10.8. The van der Waals surface area contributed by atoms with Crippen molar-refractivity contribution in [3.63, 3.8) is 0 Å². The summed E-state index contributed by atoms with van der Waals surface area (Å²) in [5, 5.41) is 0. The van der Waals surface area contributed by atoms with Gasteiger partial charge in [-0.05, 0) is 43.7 Å². The van der Waals surface area contributed by atoms with Crippen molar-refractivity contribution < 1.29 is 4.39 Å². The molecule has 1 atom stereocenters. The van der Waals surface area contributed by atoms with E-state index in [-0.39, 0.29) is 5.41 Å². The summed E-state index contributed by atoms with van der Waals surface area (Å²) in [6, 6.07) is 0. The van der Waals surface area contributed by atoms with Crippen molar-refractivity contribution in [1.82, 2.24) is 0 Å². The molecular formula is C15H18FN. The van der Waals surface area contributed by atoms with Crippen LogP contribution in [0.1, 0.15) is 27.7 Å². The summed E-state index contributed by atoms with van der Waals surface area (Å²) >= 11 is 0. The molecule has 1 heterocycles. The van der Waals surface area contributed by atoms with E-state index in [1.807, 2.05) is 25.2 Å². The molecule has 2 rings (SSSR count). The second-order valence-corrected chi connectivity index (χ2v) is 5.24. The second kappa shape index (κ2) is 3.80. The normalized spacial score (nSPS) is 30.8. The first-order valence-electron chi connectivity index (χ1n) is 5.91. The summed E-state index contributed by atoms with van der Waals surface area (Å²) in [5.41, 5.74) is 1.22. The fourth-order valence-corrected chi connectivity index (χ4v) is 2.23. The molecule has 0 radical (unpaired) electrons. The van der Waals surface area contributed by atoms with E-state index < -0.39 is 5.67 Å². The summed E-state index contributed by atoms with van der Waals surface area (Å²) in [4.78, 5) is 4.58. The molecule has 2 aliphatic rings. The van der Waals surface area contributed by atoms with Crippen molar-refractivity contribution >= 4 is 5.71 Å². The maximum atomic E-state index is 14.2. The van der Waals surface area contributed by atoms with Gasteiger partial charge in [0.1, 0.15) is 5.67 Å². The van der Waals surface area contributed by atoms with Gasteiger partial charge in [0.2, 0.25) is 0 Å². The molecule has 0 saturated carbocycles. The Morgan fingerprint density at radius 2 is 2.00 bits per heavy atom. The van der Waals surface area contributed by atoms with Crippen LogP contribution in [-0.4, -0.2) is 11.4 Å². The number of alkyl halides is 1. The molecule has 0 aromatic rings. The van der Waals surface area contributed by atoms with E-state index in [1.54, 1.807) is 25.2 Å². The van der Waals surface area contributed by atoms with Gasteiger partial charge < -0.3 is 0 Å².